The van der Waals surface area contributed by atoms with Crippen molar-refractivity contribution in [1.29, 1.82) is 0 Å². The zero-order valence-electron chi connectivity index (χ0n) is 16.3. The van der Waals surface area contributed by atoms with Crippen molar-refractivity contribution < 1.29 is 13.6 Å². The third-order valence-electron chi connectivity index (χ3n) is 4.80. The smallest absolute Gasteiger partial charge is 0.251 e. The van der Waals surface area contributed by atoms with E-state index in [4.69, 9.17) is 4.42 Å². The number of benzene rings is 2. The fourth-order valence-corrected chi connectivity index (χ4v) is 3.21. The number of rotatable bonds is 5. The highest BCUT2D eigenvalue weighted by atomic mass is 19.1. The molecule has 0 bridgehead atoms. The largest absolute Gasteiger partial charge is 0.441 e. The van der Waals surface area contributed by atoms with E-state index in [0.717, 1.165) is 24.2 Å². The van der Waals surface area contributed by atoms with Gasteiger partial charge in [0.1, 0.15) is 11.6 Å². The Hall–Kier alpha value is -2.95. The Balaban J connectivity index is 1.81. The molecule has 3 aromatic rings. The van der Waals surface area contributed by atoms with Crippen LogP contribution in [-0.2, 0) is 0 Å². The fraction of sp³-hybridized carbons (Fsp3) is 0.304. The minimum absolute atomic E-state index is 0.000996. The first kappa shape index (κ1) is 18.4. The molecule has 0 saturated heterocycles. The van der Waals surface area contributed by atoms with Gasteiger partial charge in [0.15, 0.2) is 0 Å². The molecule has 0 unspecified atom stereocenters. The lowest BCUT2D eigenvalue weighted by molar-refractivity contribution is 0.0943. The van der Waals surface area contributed by atoms with Gasteiger partial charge in [-0.1, -0.05) is 12.1 Å². The van der Waals surface area contributed by atoms with Gasteiger partial charge in [0.2, 0.25) is 5.89 Å². The van der Waals surface area contributed by atoms with Gasteiger partial charge in [0.05, 0.1) is 6.20 Å². The summed E-state index contributed by atoms with van der Waals surface area (Å²) in [7, 11) is 0. The van der Waals surface area contributed by atoms with Gasteiger partial charge in [-0.15, -0.1) is 0 Å². The van der Waals surface area contributed by atoms with Crippen molar-refractivity contribution in [2.45, 2.75) is 45.6 Å². The van der Waals surface area contributed by atoms with E-state index in [1.54, 1.807) is 24.4 Å². The molecule has 4 nitrogen and oxygen atoms in total. The predicted molar refractivity (Wildman–Crippen MR) is 107 cm³/mol. The van der Waals surface area contributed by atoms with Crippen LogP contribution in [0.4, 0.5) is 4.39 Å². The monoisotopic (exact) mass is 378 g/mol. The zero-order chi connectivity index (χ0) is 19.8. The quantitative estimate of drug-likeness (QED) is 0.640. The molecule has 0 spiro atoms. The minimum atomic E-state index is -0.321. The number of carbonyl (C=O) groups excluding carboxylic acids is 1. The lowest BCUT2D eigenvalue weighted by atomic mass is 9.98. The Labute approximate surface area is 163 Å². The number of amides is 1. The molecular formula is C23H23FN2O2. The van der Waals surface area contributed by atoms with E-state index >= 15 is 0 Å². The van der Waals surface area contributed by atoms with Crippen LogP contribution in [0.15, 0.2) is 47.0 Å². The van der Waals surface area contributed by atoms with Gasteiger partial charge >= 0.3 is 0 Å². The van der Waals surface area contributed by atoms with Crippen molar-refractivity contribution in [2.24, 2.45) is 0 Å². The first-order valence-corrected chi connectivity index (χ1v) is 9.59. The van der Waals surface area contributed by atoms with Crippen molar-refractivity contribution in [3.8, 4) is 22.6 Å². The number of nitrogens with zero attached hydrogens (tertiary/aromatic N) is 1. The van der Waals surface area contributed by atoms with E-state index in [0.29, 0.717) is 34.1 Å². The van der Waals surface area contributed by atoms with Crippen LogP contribution in [0.1, 0.15) is 54.3 Å². The van der Waals surface area contributed by atoms with Crippen LogP contribution in [0, 0.1) is 12.7 Å². The normalized spacial score (nSPS) is 13.8. The molecule has 28 heavy (non-hydrogen) atoms. The average Bonchev–Trinajstić information content (AvgIpc) is 3.37. The summed E-state index contributed by atoms with van der Waals surface area (Å²) in [5, 5.41) is 2.89. The first-order valence-electron chi connectivity index (χ1n) is 9.59. The topological polar surface area (TPSA) is 55.1 Å². The summed E-state index contributed by atoms with van der Waals surface area (Å²) < 4.78 is 20.5. The van der Waals surface area contributed by atoms with E-state index in [1.807, 2.05) is 32.9 Å². The lowest BCUT2D eigenvalue weighted by Gasteiger charge is -2.12. The second-order valence-electron chi connectivity index (χ2n) is 7.75. The van der Waals surface area contributed by atoms with E-state index in [2.05, 4.69) is 10.3 Å². The molecular weight excluding hydrogens is 355 g/mol. The standard InChI is InChI=1S/C23H23FN2O2/c1-13(2)26-22(27)17-9-16(19-7-4-14(3)8-20(19)24)10-18(11-17)23-25-12-21(28-23)15-5-6-15/h4,7-13,15H,5-6H2,1-3H3,(H,26,27). The Bertz CT molecular complexity index is 1030. The summed E-state index contributed by atoms with van der Waals surface area (Å²) in [4.78, 5) is 17.0. The van der Waals surface area contributed by atoms with Crippen molar-refractivity contribution in [3.05, 3.63) is 65.3 Å². The molecule has 0 radical (unpaired) electrons. The molecule has 1 aliphatic carbocycles. The van der Waals surface area contributed by atoms with Gasteiger partial charge in [-0.3, -0.25) is 4.79 Å². The minimum Gasteiger partial charge on any atom is -0.441 e. The molecule has 0 aliphatic heterocycles. The number of aryl methyl sites for hydroxylation is 1. The van der Waals surface area contributed by atoms with Crippen LogP contribution in [0.5, 0.6) is 0 Å². The van der Waals surface area contributed by atoms with Gasteiger partial charge in [-0.05, 0) is 69.0 Å². The fourth-order valence-electron chi connectivity index (χ4n) is 3.21. The number of hydrogen-bond donors (Lipinski definition) is 1. The van der Waals surface area contributed by atoms with Crippen LogP contribution in [0.3, 0.4) is 0 Å². The van der Waals surface area contributed by atoms with Crippen LogP contribution in [-0.4, -0.2) is 16.9 Å². The highest BCUT2D eigenvalue weighted by Gasteiger charge is 2.28. The van der Waals surface area contributed by atoms with E-state index in [1.165, 1.54) is 6.07 Å². The van der Waals surface area contributed by atoms with Crippen molar-refractivity contribution in [1.82, 2.24) is 10.3 Å². The number of hydrogen-bond acceptors (Lipinski definition) is 3. The van der Waals surface area contributed by atoms with Gasteiger partial charge in [0.25, 0.3) is 5.91 Å². The second kappa shape index (κ2) is 7.23. The summed E-state index contributed by atoms with van der Waals surface area (Å²) in [5.74, 6) is 1.24. The number of nitrogens with one attached hydrogen (secondary N) is 1. The summed E-state index contributed by atoms with van der Waals surface area (Å²) in [6.45, 7) is 5.65. The zero-order valence-corrected chi connectivity index (χ0v) is 16.3. The molecule has 1 fully saturated rings. The van der Waals surface area contributed by atoms with Gasteiger partial charge in [-0.25, -0.2) is 9.37 Å². The maximum Gasteiger partial charge on any atom is 0.251 e. The third kappa shape index (κ3) is 3.84. The summed E-state index contributed by atoms with van der Waals surface area (Å²) in [6.07, 6.45) is 3.98. The van der Waals surface area contributed by atoms with Crippen molar-refractivity contribution >= 4 is 5.91 Å². The Morgan fingerprint density at radius 1 is 1.18 bits per heavy atom. The number of aromatic nitrogens is 1. The van der Waals surface area contributed by atoms with Crippen LogP contribution < -0.4 is 5.32 Å². The highest BCUT2D eigenvalue weighted by molar-refractivity contribution is 5.97. The maximum absolute atomic E-state index is 14.6. The molecule has 2 aromatic carbocycles. The van der Waals surface area contributed by atoms with E-state index < -0.39 is 0 Å². The van der Waals surface area contributed by atoms with E-state index in [9.17, 15) is 9.18 Å². The number of halogens is 1. The van der Waals surface area contributed by atoms with Crippen LogP contribution in [0.25, 0.3) is 22.6 Å². The molecule has 4 rings (SSSR count). The maximum atomic E-state index is 14.6. The highest BCUT2D eigenvalue weighted by Crippen LogP contribution is 2.41. The summed E-state index contributed by atoms with van der Waals surface area (Å²) >= 11 is 0. The lowest BCUT2D eigenvalue weighted by Crippen LogP contribution is -2.30. The molecule has 0 atom stereocenters. The molecule has 144 valence electrons. The molecule has 1 heterocycles. The van der Waals surface area contributed by atoms with E-state index in [-0.39, 0.29) is 17.8 Å². The number of carbonyl (C=O) groups is 1. The molecule has 1 aliphatic rings. The summed E-state index contributed by atoms with van der Waals surface area (Å²) in [5.41, 5.74) is 3.03. The van der Waals surface area contributed by atoms with Crippen LogP contribution in [0.2, 0.25) is 0 Å². The first-order chi connectivity index (χ1) is 13.4. The summed E-state index contributed by atoms with van der Waals surface area (Å²) in [6, 6.07) is 10.4. The van der Waals surface area contributed by atoms with Crippen molar-refractivity contribution in [2.75, 3.05) is 0 Å². The molecule has 1 amide bonds. The Kier molecular flexibility index (Phi) is 4.75. The van der Waals surface area contributed by atoms with Gasteiger partial charge < -0.3 is 9.73 Å². The third-order valence-corrected chi connectivity index (χ3v) is 4.80. The molecule has 1 aromatic heterocycles. The SMILES string of the molecule is Cc1ccc(-c2cc(C(=O)NC(C)C)cc(-c3ncc(C4CC4)o3)c2)c(F)c1. The van der Waals surface area contributed by atoms with Crippen LogP contribution >= 0.6 is 0 Å². The average molecular weight is 378 g/mol. The van der Waals surface area contributed by atoms with Gasteiger partial charge in [0, 0.05) is 28.7 Å². The molecule has 5 heteroatoms. The molecule has 1 saturated carbocycles. The second-order valence-corrected chi connectivity index (χ2v) is 7.75. The Morgan fingerprint density at radius 2 is 1.93 bits per heavy atom. The van der Waals surface area contributed by atoms with Crippen molar-refractivity contribution in [3.63, 3.8) is 0 Å². The predicted octanol–water partition coefficient (Wildman–Crippen LogP) is 5.47. The number of oxazole rings is 1. The molecule has 1 N–H and O–H groups in total. The Morgan fingerprint density at radius 3 is 2.61 bits per heavy atom. The van der Waals surface area contributed by atoms with Gasteiger partial charge in [-0.2, -0.15) is 0 Å².